The first-order valence-corrected chi connectivity index (χ1v) is 5.41. The maximum atomic E-state index is 11.9. The molecule has 0 fully saturated rings. The molecule has 0 aliphatic carbocycles. The van der Waals surface area contributed by atoms with Crippen LogP contribution in [0.4, 0.5) is 5.69 Å². The lowest BCUT2D eigenvalue weighted by Gasteiger charge is -2.14. The minimum atomic E-state index is -0.673. The fourth-order valence-electron chi connectivity index (χ4n) is 1.48. The first kappa shape index (κ1) is 13.1. The molecule has 0 bridgehead atoms. The highest BCUT2D eigenvalue weighted by atomic mass is 16.2. The molecular formula is C13H16N2O2. The highest BCUT2D eigenvalue weighted by Crippen LogP contribution is 2.12. The van der Waals surface area contributed by atoms with Crippen LogP contribution in [0.2, 0.25) is 0 Å². The van der Waals surface area contributed by atoms with Crippen LogP contribution in [0, 0.1) is 11.3 Å². The van der Waals surface area contributed by atoms with E-state index in [1.165, 1.54) is 13.8 Å². The third-order valence-corrected chi connectivity index (χ3v) is 2.37. The van der Waals surface area contributed by atoms with Gasteiger partial charge in [-0.3, -0.25) is 9.59 Å². The quantitative estimate of drug-likeness (QED) is 0.764. The third kappa shape index (κ3) is 4.18. The molecule has 90 valence electrons. The summed E-state index contributed by atoms with van der Waals surface area (Å²) in [5.41, 5.74) is 0.876. The van der Waals surface area contributed by atoms with Gasteiger partial charge in [0.2, 0.25) is 5.91 Å². The zero-order chi connectivity index (χ0) is 12.8. The Kier molecular flexibility index (Phi) is 4.57. The van der Waals surface area contributed by atoms with Gasteiger partial charge in [-0.25, -0.2) is 0 Å². The van der Waals surface area contributed by atoms with Crippen molar-refractivity contribution in [3.8, 4) is 0 Å². The Bertz CT molecular complexity index is 426. The molecule has 17 heavy (non-hydrogen) atoms. The summed E-state index contributed by atoms with van der Waals surface area (Å²) >= 11 is 0. The van der Waals surface area contributed by atoms with E-state index < -0.39 is 5.92 Å². The van der Waals surface area contributed by atoms with E-state index in [1.807, 2.05) is 18.2 Å². The maximum Gasteiger partial charge on any atom is 0.233 e. The number of Topliss-reactive ketones (excluding diaryl/α,β-unsaturated/α-hetero) is 1. The summed E-state index contributed by atoms with van der Waals surface area (Å²) in [4.78, 5) is 22.9. The minimum Gasteiger partial charge on any atom is -0.326 e. The molecule has 0 radical (unpaired) electrons. The van der Waals surface area contributed by atoms with Gasteiger partial charge in [0.15, 0.2) is 0 Å². The van der Waals surface area contributed by atoms with E-state index in [0.29, 0.717) is 5.69 Å². The number of carbonyl (C=O) groups is 2. The van der Waals surface area contributed by atoms with Gasteiger partial charge in [-0.2, -0.15) is 0 Å². The number of amides is 1. The molecule has 0 aliphatic rings. The van der Waals surface area contributed by atoms with Gasteiger partial charge in [0.25, 0.3) is 0 Å². The molecule has 2 N–H and O–H groups in total. The van der Waals surface area contributed by atoms with E-state index in [-0.39, 0.29) is 23.8 Å². The standard InChI is InChI=1S/C13H16N2O2/c1-9(16)8-12(10(2)14)13(17)15-11-6-4-3-5-7-11/h3-7,12,14H,8H2,1-2H3,(H,15,17). The van der Waals surface area contributed by atoms with Crippen LogP contribution in [0.25, 0.3) is 0 Å². The van der Waals surface area contributed by atoms with Crippen LogP contribution in [0.1, 0.15) is 20.3 Å². The second kappa shape index (κ2) is 5.94. The lowest BCUT2D eigenvalue weighted by molar-refractivity contribution is -0.123. The molecule has 0 saturated heterocycles. The summed E-state index contributed by atoms with van der Waals surface area (Å²) in [6.07, 6.45) is 0.0774. The van der Waals surface area contributed by atoms with Crippen LogP contribution >= 0.6 is 0 Å². The van der Waals surface area contributed by atoms with E-state index >= 15 is 0 Å². The second-order valence-corrected chi connectivity index (χ2v) is 4.00. The van der Waals surface area contributed by atoms with Crippen LogP contribution in [0.5, 0.6) is 0 Å². The van der Waals surface area contributed by atoms with Crippen molar-refractivity contribution in [2.24, 2.45) is 5.92 Å². The van der Waals surface area contributed by atoms with Crippen molar-refractivity contribution in [3.05, 3.63) is 30.3 Å². The molecule has 0 heterocycles. The molecule has 4 heteroatoms. The highest BCUT2D eigenvalue weighted by molar-refractivity contribution is 6.09. The summed E-state index contributed by atoms with van der Waals surface area (Å²) in [7, 11) is 0. The monoisotopic (exact) mass is 232 g/mol. The van der Waals surface area contributed by atoms with Crippen LogP contribution in [-0.2, 0) is 9.59 Å². The van der Waals surface area contributed by atoms with Gasteiger partial charge in [-0.1, -0.05) is 18.2 Å². The van der Waals surface area contributed by atoms with Gasteiger partial charge in [0, 0.05) is 17.8 Å². The Morgan fingerprint density at radius 1 is 1.24 bits per heavy atom. The number of hydrogen-bond acceptors (Lipinski definition) is 3. The smallest absolute Gasteiger partial charge is 0.233 e. The molecule has 1 amide bonds. The molecule has 0 saturated carbocycles. The van der Waals surface area contributed by atoms with E-state index in [0.717, 1.165) is 0 Å². The Morgan fingerprint density at radius 3 is 2.29 bits per heavy atom. The molecule has 1 aromatic rings. The van der Waals surface area contributed by atoms with Crippen molar-refractivity contribution in [3.63, 3.8) is 0 Å². The Labute approximate surface area is 101 Å². The topological polar surface area (TPSA) is 70.0 Å². The lowest BCUT2D eigenvalue weighted by atomic mass is 9.97. The highest BCUT2D eigenvalue weighted by Gasteiger charge is 2.22. The number of carbonyl (C=O) groups excluding carboxylic acids is 2. The first-order chi connectivity index (χ1) is 8.00. The number of ketones is 1. The number of benzene rings is 1. The molecule has 0 spiro atoms. The van der Waals surface area contributed by atoms with Gasteiger partial charge in [0.1, 0.15) is 5.78 Å². The van der Waals surface area contributed by atoms with Crippen molar-refractivity contribution in [1.29, 1.82) is 5.41 Å². The number of nitrogens with one attached hydrogen (secondary N) is 2. The van der Waals surface area contributed by atoms with Crippen LogP contribution in [0.15, 0.2) is 30.3 Å². The summed E-state index contributed by atoms with van der Waals surface area (Å²) in [5, 5.41) is 10.2. The fraction of sp³-hybridized carbons (Fsp3) is 0.308. The molecule has 1 unspecified atom stereocenters. The second-order valence-electron chi connectivity index (χ2n) is 4.00. The lowest BCUT2D eigenvalue weighted by Crippen LogP contribution is -2.29. The molecule has 1 rings (SSSR count). The van der Waals surface area contributed by atoms with E-state index in [1.54, 1.807) is 12.1 Å². The number of hydrogen-bond donors (Lipinski definition) is 2. The average Bonchev–Trinajstić information content (AvgIpc) is 2.26. The van der Waals surface area contributed by atoms with Gasteiger partial charge in [-0.05, 0) is 26.0 Å². The van der Waals surface area contributed by atoms with Crippen molar-refractivity contribution in [2.75, 3.05) is 5.32 Å². The van der Waals surface area contributed by atoms with Crippen LogP contribution in [-0.4, -0.2) is 17.4 Å². The van der Waals surface area contributed by atoms with Gasteiger partial charge >= 0.3 is 0 Å². The van der Waals surface area contributed by atoms with Crippen LogP contribution in [0.3, 0.4) is 0 Å². The third-order valence-electron chi connectivity index (χ3n) is 2.37. The number of rotatable bonds is 5. The predicted octanol–water partition coefficient (Wildman–Crippen LogP) is 2.26. The van der Waals surface area contributed by atoms with Crippen molar-refractivity contribution < 1.29 is 9.59 Å². The molecule has 1 aromatic carbocycles. The normalized spacial score (nSPS) is 11.6. The van der Waals surface area contributed by atoms with E-state index in [4.69, 9.17) is 5.41 Å². The van der Waals surface area contributed by atoms with Crippen molar-refractivity contribution in [2.45, 2.75) is 20.3 Å². The fourth-order valence-corrected chi connectivity index (χ4v) is 1.48. The predicted molar refractivity (Wildman–Crippen MR) is 67.3 cm³/mol. The summed E-state index contributed by atoms with van der Waals surface area (Å²) in [6, 6.07) is 9.01. The van der Waals surface area contributed by atoms with Gasteiger partial charge < -0.3 is 10.7 Å². The molecule has 0 aliphatic heterocycles. The Morgan fingerprint density at radius 2 is 1.82 bits per heavy atom. The van der Waals surface area contributed by atoms with E-state index in [9.17, 15) is 9.59 Å². The van der Waals surface area contributed by atoms with Gasteiger partial charge in [0.05, 0.1) is 5.92 Å². The summed E-state index contributed by atoms with van der Waals surface area (Å²) in [6.45, 7) is 2.96. The Hall–Kier alpha value is -1.97. The zero-order valence-electron chi connectivity index (χ0n) is 9.99. The van der Waals surface area contributed by atoms with Gasteiger partial charge in [-0.15, -0.1) is 0 Å². The number of para-hydroxylation sites is 1. The van der Waals surface area contributed by atoms with Crippen molar-refractivity contribution >= 4 is 23.1 Å². The zero-order valence-corrected chi connectivity index (χ0v) is 9.99. The number of anilines is 1. The maximum absolute atomic E-state index is 11.9. The summed E-state index contributed by atoms with van der Waals surface area (Å²) < 4.78 is 0. The largest absolute Gasteiger partial charge is 0.326 e. The average molecular weight is 232 g/mol. The minimum absolute atomic E-state index is 0.0774. The van der Waals surface area contributed by atoms with E-state index in [2.05, 4.69) is 5.32 Å². The molecule has 0 aromatic heterocycles. The SMILES string of the molecule is CC(=N)C(CC(C)=O)C(=O)Nc1ccccc1. The first-order valence-electron chi connectivity index (χ1n) is 5.41. The van der Waals surface area contributed by atoms with Crippen molar-refractivity contribution in [1.82, 2.24) is 0 Å². The molecule has 4 nitrogen and oxygen atoms in total. The molecular weight excluding hydrogens is 216 g/mol. The van der Waals surface area contributed by atoms with Crippen LogP contribution < -0.4 is 5.32 Å². The Balaban J connectivity index is 2.72. The summed E-state index contributed by atoms with van der Waals surface area (Å²) in [5.74, 6) is -1.07. The molecule has 1 atom stereocenters.